The monoisotopic (exact) mass is 396 g/mol. The van der Waals surface area contributed by atoms with Crippen molar-refractivity contribution in [3.63, 3.8) is 0 Å². The predicted molar refractivity (Wildman–Crippen MR) is 73.8 cm³/mol. The van der Waals surface area contributed by atoms with E-state index in [0.29, 0.717) is 6.04 Å². The van der Waals surface area contributed by atoms with Gasteiger partial charge in [0, 0.05) is 28.6 Å². The molecule has 1 saturated carbocycles. The summed E-state index contributed by atoms with van der Waals surface area (Å²) in [6.07, 6.45) is 4.43. The highest BCUT2D eigenvalue weighted by Gasteiger charge is 2.30. The second-order valence-corrected chi connectivity index (χ2v) is 6.14. The van der Waals surface area contributed by atoms with Crippen molar-refractivity contribution in [2.24, 2.45) is 0 Å². The normalized spacial score (nSPS) is 15.4. The lowest BCUT2D eigenvalue weighted by Gasteiger charge is -2.23. The van der Waals surface area contributed by atoms with Crippen molar-refractivity contribution in [1.29, 1.82) is 0 Å². The summed E-state index contributed by atoms with van der Waals surface area (Å²) in [5, 5.41) is 0.980. The molecule has 82 valence electrons. The van der Waals surface area contributed by atoms with Crippen LogP contribution in [-0.4, -0.2) is 22.9 Å². The minimum Gasteiger partial charge on any atom is -0.352 e. The third-order valence-electron chi connectivity index (χ3n) is 2.37. The summed E-state index contributed by atoms with van der Waals surface area (Å²) in [6.45, 7) is 1.01. The van der Waals surface area contributed by atoms with Crippen LogP contribution in [0.25, 0.3) is 0 Å². The molecule has 1 aliphatic rings. The highest BCUT2D eigenvalue weighted by molar-refractivity contribution is 9.11. The van der Waals surface area contributed by atoms with Gasteiger partial charge in [-0.25, -0.2) is 4.98 Å². The molecule has 0 aromatic carbocycles. The van der Waals surface area contributed by atoms with E-state index in [2.05, 4.69) is 57.7 Å². The van der Waals surface area contributed by atoms with Crippen LogP contribution in [0.15, 0.2) is 21.2 Å². The molecule has 0 radical (unpaired) electrons. The zero-order valence-electron chi connectivity index (χ0n) is 8.09. The van der Waals surface area contributed by atoms with Crippen molar-refractivity contribution in [3.05, 3.63) is 21.2 Å². The topological polar surface area (TPSA) is 16.1 Å². The molecule has 0 amide bonds. The highest BCUT2D eigenvalue weighted by Crippen LogP contribution is 2.35. The second kappa shape index (κ2) is 5.15. The van der Waals surface area contributed by atoms with Gasteiger partial charge in [0.2, 0.25) is 0 Å². The van der Waals surface area contributed by atoms with Crippen molar-refractivity contribution in [2.45, 2.75) is 18.9 Å². The average Bonchev–Trinajstić information content (AvgIpc) is 2.98. The van der Waals surface area contributed by atoms with Gasteiger partial charge in [-0.2, -0.15) is 0 Å². The summed E-state index contributed by atoms with van der Waals surface area (Å²) in [5.74, 6) is 1.06. The fraction of sp³-hybridized carbons (Fsp3) is 0.500. The van der Waals surface area contributed by atoms with Crippen molar-refractivity contribution in [1.82, 2.24) is 4.98 Å². The Labute approximate surface area is 115 Å². The van der Waals surface area contributed by atoms with Crippen LogP contribution in [0.2, 0.25) is 0 Å². The molecule has 2 nitrogen and oxygen atoms in total. The molecule has 0 saturated heterocycles. The number of hydrogen-bond acceptors (Lipinski definition) is 2. The number of pyridine rings is 1. The Morgan fingerprint density at radius 2 is 2.13 bits per heavy atom. The number of aromatic nitrogens is 1. The molecule has 2 rings (SSSR count). The van der Waals surface area contributed by atoms with E-state index in [1.807, 2.05) is 12.3 Å². The molecule has 0 unspecified atom stereocenters. The van der Waals surface area contributed by atoms with Crippen LogP contribution < -0.4 is 4.90 Å². The first-order valence-electron chi connectivity index (χ1n) is 4.86. The number of rotatable bonds is 4. The lowest BCUT2D eigenvalue weighted by atomic mass is 10.4. The van der Waals surface area contributed by atoms with Crippen LogP contribution in [-0.2, 0) is 0 Å². The van der Waals surface area contributed by atoms with Gasteiger partial charge in [0.05, 0.1) is 4.47 Å². The minimum absolute atomic E-state index is 0.688. The van der Waals surface area contributed by atoms with Gasteiger partial charge in [0.15, 0.2) is 0 Å². The Hall–Kier alpha value is 0.390. The maximum absolute atomic E-state index is 4.47. The standard InChI is InChI=1S/C10H11Br3N2/c11-3-4-15(8-1-2-8)10-9(13)5-7(12)6-14-10/h5-6,8H,1-4H2. The van der Waals surface area contributed by atoms with Crippen LogP contribution in [0.5, 0.6) is 0 Å². The van der Waals surface area contributed by atoms with Crippen molar-refractivity contribution >= 4 is 53.6 Å². The maximum Gasteiger partial charge on any atom is 0.143 e. The number of anilines is 1. The van der Waals surface area contributed by atoms with E-state index in [-0.39, 0.29) is 0 Å². The van der Waals surface area contributed by atoms with Gasteiger partial charge in [-0.15, -0.1) is 0 Å². The van der Waals surface area contributed by atoms with Gasteiger partial charge in [-0.3, -0.25) is 0 Å². The Kier molecular flexibility index (Phi) is 4.07. The lowest BCUT2D eigenvalue weighted by Crippen LogP contribution is -2.28. The molecule has 1 fully saturated rings. The van der Waals surface area contributed by atoms with E-state index in [0.717, 1.165) is 26.6 Å². The molecule has 1 heterocycles. The average molecular weight is 399 g/mol. The van der Waals surface area contributed by atoms with Crippen LogP contribution >= 0.6 is 47.8 Å². The zero-order chi connectivity index (χ0) is 10.8. The van der Waals surface area contributed by atoms with Crippen LogP contribution in [0.3, 0.4) is 0 Å². The molecule has 1 aromatic rings. The fourth-order valence-corrected chi connectivity index (χ4v) is 3.15. The quantitative estimate of drug-likeness (QED) is 0.713. The van der Waals surface area contributed by atoms with E-state index in [1.165, 1.54) is 12.8 Å². The molecule has 0 aliphatic heterocycles. The number of alkyl halides is 1. The van der Waals surface area contributed by atoms with E-state index in [1.54, 1.807) is 0 Å². The smallest absolute Gasteiger partial charge is 0.143 e. The lowest BCUT2D eigenvalue weighted by molar-refractivity contribution is 0.812. The van der Waals surface area contributed by atoms with Gasteiger partial charge in [0.1, 0.15) is 5.82 Å². The number of halogens is 3. The maximum atomic E-state index is 4.47. The molecule has 0 N–H and O–H groups in total. The molecule has 0 spiro atoms. The van der Waals surface area contributed by atoms with Crippen LogP contribution in [0.4, 0.5) is 5.82 Å². The van der Waals surface area contributed by atoms with Gasteiger partial charge < -0.3 is 4.90 Å². The highest BCUT2D eigenvalue weighted by atomic mass is 79.9. The second-order valence-electron chi connectivity index (χ2n) is 3.57. The zero-order valence-corrected chi connectivity index (χ0v) is 12.8. The predicted octanol–water partition coefficient (Wildman–Crippen LogP) is 3.97. The Morgan fingerprint density at radius 1 is 1.40 bits per heavy atom. The van der Waals surface area contributed by atoms with Gasteiger partial charge in [0.25, 0.3) is 0 Å². The fourth-order valence-electron chi connectivity index (χ4n) is 1.56. The summed E-state index contributed by atoms with van der Waals surface area (Å²) >= 11 is 10.5. The molecule has 0 bridgehead atoms. The van der Waals surface area contributed by atoms with Crippen molar-refractivity contribution < 1.29 is 0 Å². The van der Waals surface area contributed by atoms with Crippen molar-refractivity contribution in [2.75, 3.05) is 16.8 Å². The Bertz CT molecular complexity index is 353. The summed E-state index contributed by atoms with van der Waals surface area (Å²) in [6, 6.07) is 2.74. The SMILES string of the molecule is BrCCN(c1ncc(Br)cc1Br)C1CC1. The number of nitrogens with zero attached hydrogens (tertiary/aromatic N) is 2. The molecular formula is C10H11Br3N2. The van der Waals surface area contributed by atoms with Crippen LogP contribution in [0, 0.1) is 0 Å². The first-order valence-corrected chi connectivity index (χ1v) is 7.57. The van der Waals surface area contributed by atoms with E-state index >= 15 is 0 Å². The number of hydrogen-bond donors (Lipinski definition) is 0. The Morgan fingerprint density at radius 3 is 2.67 bits per heavy atom. The van der Waals surface area contributed by atoms with Crippen molar-refractivity contribution in [3.8, 4) is 0 Å². The van der Waals surface area contributed by atoms with Crippen LogP contribution in [0.1, 0.15) is 12.8 Å². The first-order chi connectivity index (χ1) is 7.22. The molecule has 15 heavy (non-hydrogen) atoms. The third-order valence-corrected chi connectivity index (χ3v) is 3.75. The van der Waals surface area contributed by atoms with Gasteiger partial charge in [-0.05, 0) is 50.8 Å². The summed E-state index contributed by atoms with van der Waals surface area (Å²) in [5.41, 5.74) is 0. The first kappa shape index (κ1) is 11.9. The molecule has 1 aromatic heterocycles. The van der Waals surface area contributed by atoms with Gasteiger partial charge in [-0.1, -0.05) is 15.9 Å². The van der Waals surface area contributed by atoms with E-state index in [4.69, 9.17) is 0 Å². The van der Waals surface area contributed by atoms with Gasteiger partial charge >= 0.3 is 0 Å². The minimum atomic E-state index is 0.688. The molecule has 1 aliphatic carbocycles. The Balaban J connectivity index is 2.24. The molecule has 0 atom stereocenters. The largest absolute Gasteiger partial charge is 0.352 e. The summed E-state index contributed by atoms with van der Waals surface area (Å²) < 4.78 is 2.07. The molecular weight excluding hydrogens is 388 g/mol. The summed E-state index contributed by atoms with van der Waals surface area (Å²) in [4.78, 5) is 6.84. The van der Waals surface area contributed by atoms with E-state index < -0.39 is 0 Å². The molecule has 5 heteroatoms. The summed E-state index contributed by atoms with van der Waals surface area (Å²) in [7, 11) is 0. The van der Waals surface area contributed by atoms with E-state index in [9.17, 15) is 0 Å². The third kappa shape index (κ3) is 2.94.